The maximum absolute atomic E-state index is 11.5. The standard InChI is InChI=1S/C11H19N2O5PS2/c1-3-17-8-19(20)21-7-10(15)12-5-9(14)13-6-11(16)18-4-2/h3-8H2,1-2H3,(H-,12,13,14,15)/p+1. The zero-order chi connectivity index (χ0) is 16.1. The third-order valence-electron chi connectivity index (χ3n) is 1.92. The molecule has 0 rings (SSSR count). The van der Waals surface area contributed by atoms with E-state index in [1.807, 2.05) is 6.92 Å². The van der Waals surface area contributed by atoms with Crippen molar-refractivity contribution in [3.63, 3.8) is 0 Å². The van der Waals surface area contributed by atoms with E-state index in [2.05, 4.69) is 15.4 Å². The zero-order valence-corrected chi connectivity index (χ0v) is 14.6. The van der Waals surface area contributed by atoms with Crippen molar-refractivity contribution in [3.05, 3.63) is 0 Å². The van der Waals surface area contributed by atoms with Gasteiger partial charge in [-0.3, -0.25) is 14.4 Å². The summed E-state index contributed by atoms with van der Waals surface area (Å²) in [7, 11) is 0. The van der Waals surface area contributed by atoms with Gasteiger partial charge < -0.3 is 20.1 Å². The molecule has 0 aromatic rings. The van der Waals surface area contributed by atoms with Crippen LogP contribution in [0.15, 0.2) is 0 Å². The summed E-state index contributed by atoms with van der Waals surface area (Å²) in [6.45, 7) is 4.03. The van der Waals surface area contributed by atoms with E-state index in [1.165, 1.54) is 11.4 Å². The molecule has 10 heteroatoms. The Morgan fingerprint density at radius 2 is 1.76 bits per heavy atom. The van der Waals surface area contributed by atoms with E-state index >= 15 is 0 Å². The van der Waals surface area contributed by atoms with Crippen molar-refractivity contribution in [1.29, 1.82) is 0 Å². The summed E-state index contributed by atoms with van der Waals surface area (Å²) in [5.74, 6) is -1.86. The SMILES string of the molecule is CCOC[P+](=S)SCC(=O)NCC(=O)NCC(=O)OCC. The Kier molecular flexibility index (Phi) is 12.5. The van der Waals surface area contributed by atoms with Gasteiger partial charge in [0.25, 0.3) is 5.90 Å². The molecule has 0 aromatic heterocycles. The first-order valence-corrected chi connectivity index (χ1v) is 10.5. The fraction of sp³-hybridized carbons (Fsp3) is 0.727. The highest BCUT2D eigenvalue weighted by molar-refractivity contribution is 8.64. The lowest BCUT2D eigenvalue weighted by molar-refractivity contribution is -0.143. The lowest BCUT2D eigenvalue weighted by atomic mass is 10.5. The van der Waals surface area contributed by atoms with Crippen molar-refractivity contribution in [3.8, 4) is 0 Å². The number of carbonyl (C=O) groups excluding carboxylic acids is 3. The van der Waals surface area contributed by atoms with Crippen LogP contribution in [0.4, 0.5) is 0 Å². The van der Waals surface area contributed by atoms with E-state index in [1.54, 1.807) is 6.92 Å². The molecule has 7 nitrogen and oxygen atoms in total. The molecule has 0 aliphatic rings. The number of ether oxygens (including phenoxy) is 2. The van der Waals surface area contributed by atoms with Gasteiger partial charge in [-0.15, -0.1) is 0 Å². The third-order valence-corrected chi connectivity index (χ3v) is 5.83. The van der Waals surface area contributed by atoms with Crippen molar-refractivity contribution in [2.75, 3.05) is 38.4 Å². The lowest BCUT2D eigenvalue weighted by Crippen LogP contribution is -2.39. The summed E-state index contributed by atoms with van der Waals surface area (Å²) in [6, 6.07) is 0. The van der Waals surface area contributed by atoms with E-state index in [4.69, 9.17) is 16.5 Å². The van der Waals surface area contributed by atoms with E-state index in [-0.39, 0.29) is 31.4 Å². The van der Waals surface area contributed by atoms with Crippen LogP contribution in [-0.2, 0) is 35.7 Å². The van der Waals surface area contributed by atoms with Crippen LogP contribution >= 0.6 is 17.3 Å². The number of hydrogen-bond acceptors (Lipinski definition) is 7. The van der Waals surface area contributed by atoms with Gasteiger partial charge in [0.2, 0.25) is 18.2 Å². The Balaban J connectivity index is 3.70. The Labute approximate surface area is 134 Å². The van der Waals surface area contributed by atoms with Gasteiger partial charge in [-0.05, 0) is 13.8 Å². The molecule has 0 saturated heterocycles. The minimum absolute atomic E-state index is 0.181. The molecular weight excluding hydrogens is 335 g/mol. The highest BCUT2D eigenvalue weighted by Crippen LogP contribution is 2.37. The maximum Gasteiger partial charge on any atom is 0.325 e. The number of hydrogen-bond donors (Lipinski definition) is 2. The largest absolute Gasteiger partial charge is 0.465 e. The highest BCUT2D eigenvalue weighted by Gasteiger charge is 2.15. The van der Waals surface area contributed by atoms with Gasteiger partial charge >= 0.3 is 5.97 Å². The highest BCUT2D eigenvalue weighted by atomic mass is 32.9. The molecule has 2 N–H and O–H groups in total. The molecule has 0 aromatic carbocycles. The number of amides is 2. The van der Waals surface area contributed by atoms with Crippen LogP contribution < -0.4 is 10.6 Å². The quantitative estimate of drug-likeness (QED) is 0.408. The fourth-order valence-electron chi connectivity index (χ4n) is 1.01. The van der Waals surface area contributed by atoms with Crippen LogP contribution in [0.2, 0.25) is 0 Å². The molecule has 2 amide bonds. The average Bonchev–Trinajstić information content (AvgIpc) is 2.46. The number of rotatable bonds is 11. The van der Waals surface area contributed by atoms with Crippen LogP contribution in [0, 0.1) is 0 Å². The topological polar surface area (TPSA) is 93.7 Å². The van der Waals surface area contributed by atoms with Crippen LogP contribution in [0.1, 0.15) is 13.8 Å². The van der Waals surface area contributed by atoms with Gasteiger partial charge in [0.15, 0.2) is 11.8 Å². The summed E-state index contributed by atoms with van der Waals surface area (Å²) in [4.78, 5) is 33.8. The van der Waals surface area contributed by atoms with Crippen molar-refractivity contribution < 1.29 is 23.9 Å². The molecule has 0 fully saturated rings. The smallest absolute Gasteiger partial charge is 0.325 e. The molecule has 0 heterocycles. The van der Waals surface area contributed by atoms with Gasteiger partial charge in [-0.1, -0.05) is 0 Å². The molecule has 120 valence electrons. The van der Waals surface area contributed by atoms with Crippen LogP contribution in [0.3, 0.4) is 0 Å². The first-order valence-electron chi connectivity index (χ1n) is 6.33. The second-order valence-electron chi connectivity index (χ2n) is 3.59. The molecule has 0 aliphatic heterocycles. The summed E-state index contributed by atoms with van der Waals surface area (Å²) in [5, 5.41) is 4.79. The van der Waals surface area contributed by atoms with Crippen LogP contribution in [-0.4, -0.2) is 56.2 Å². The molecule has 21 heavy (non-hydrogen) atoms. The van der Waals surface area contributed by atoms with Crippen molar-refractivity contribution in [2.45, 2.75) is 13.8 Å². The van der Waals surface area contributed by atoms with Gasteiger partial charge in [0.05, 0.1) is 13.2 Å². The lowest BCUT2D eigenvalue weighted by Gasteiger charge is -2.05. The predicted molar refractivity (Wildman–Crippen MR) is 85.9 cm³/mol. The third kappa shape index (κ3) is 12.7. The van der Waals surface area contributed by atoms with Gasteiger partial charge in [0.1, 0.15) is 23.7 Å². The fourth-order valence-corrected chi connectivity index (χ4v) is 3.71. The van der Waals surface area contributed by atoms with Crippen LogP contribution in [0.5, 0.6) is 0 Å². The average molecular weight is 355 g/mol. The minimum atomic E-state index is -0.809. The molecule has 1 atom stereocenters. The number of esters is 1. The molecular formula is C11H20N2O5PS2+. The van der Waals surface area contributed by atoms with E-state index in [9.17, 15) is 14.4 Å². The molecule has 1 unspecified atom stereocenters. The van der Waals surface area contributed by atoms with Crippen molar-refractivity contribution >= 4 is 46.9 Å². The summed E-state index contributed by atoms with van der Waals surface area (Å²) < 4.78 is 9.81. The summed E-state index contributed by atoms with van der Waals surface area (Å²) in [5.41, 5.74) is 0. The predicted octanol–water partition coefficient (Wildman–Crippen LogP) is 0.368. The van der Waals surface area contributed by atoms with E-state index < -0.39 is 17.8 Å². The number of carbonyl (C=O) groups is 3. The first kappa shape index (κ1) is 20.2. The summed E-state index contributed by atoms with van der Waals surface area (Å²) >= 11 is 6.48. The second-order valence-corrected chi connectivity index (χ2v) is 9.17. The minimum Gasteiger partial charge on any atom is -0.465 e. The molecule has 0 spiro atoms. The Bertz CT molecular complexity index is 382. The Morgan fingerprint density at radius 3 is 2.38 bits per heavy atom. The summed E-state index contributed by atoms with van der Waals surface area (Å²) in [6.07, 6.45) is 0.471. The molecule has 0 bridgehead atoms. The number of nitrogens with one attached hydrogen (secondary N) is 2. The maximum atomic E-state index is 11.5. The van der Waals surface area contributed by atoms with Crippen molar-refractivity contribution in [1.82, 2.24) is 10.6 Å². The van der Waals surface area contributed by atoms with Gasteiger partial charge in [-0.25, -0.2) is 0 Å². The van der Waals surface area contributed by atoms with E-state index in [0.717, 1.165) is 0 Å². The first-order chi connectivity index (χ1) is 9.99. The van der Waals surface area contributed by atoms with E-state index in [0.29, 0.717) is 13.0 Å². The van der Waals surface area contributed by atoms with Gasteiger partial charge in [-0.2, -0.15) is 0 Å². The molecule has 0 radical (unpaired) electrons. The Morgan fingerprint density at radius 1 is 1.10 bits per heavy atom. The van der Waals surface area contributed by atoms with Crippen LogP contribution in [0.25, 0.3) is 0 Å². The van der Waals surface area contributed by atoms with Crippen molar-refractivity contribution in [2.24, 2.45) is 0 Å². The normalized spacial score (nSPS) is 10.7. The second kappa shape index (κ2) is 12.9. The molecule has 0 aliphatic carbocycles. The Hall–Kier alpha value is -0.760. The zero-order valence-electron chi connectivity index (χ0n) is 12.0. The monoisotopic (exact) mass is 355 g/mol. The molecule has 0 saturated carbocycles. The van der Waals surface area contributed by atoms with Gasteiger partial charge in [0, 0.05) is 6.61 Å².